The van der Waals surface area contributed by atoms with Gasteiger partial charge in [0.15, 0.2) is 5.82 Å². The molecule has 106 valence electrons. The maximum absolute atomic E-state index is 5.00. The highest BCUT2D eigenvalue weighted by atomic mass is 16.5. The van der Waals surface area contributed by atoms with Crippen molar-refractivity contribution >= 4 is 0 Å². The number of pyridine rings is 1. The summed E-state index contributed by atoms with van der Waals surface area (Å²) in [5, 5.41) is 3.28. The summed E-state index contributed by atoms with van der Waals surface area (Å²) in [5.41, 5.74) is 3.69. The van der Waals surface area contributed by atoms with Crippen LogP contribution in [-0.2, 0) is 11.3 Å². The van der Waals surface area contributed by atoms with Crippen LogP contribution in [0.3, 0.4) is 0 Å². The first-order valence-corrected chi connectivity index (χ1v) is 6.67. The van der Waals surface area contributed by atoms with E-state index in [1.165, 1.54) is 0 Å². The highest BCUT2D eigenvalue weighted by molar-refractivity contribution is 5.49. The van der Waals surface area contributed by atoms with Gasteiger partial charge in [0.2, 0.25) is 0 Å². The van der Waals surface area contributed by atoms with Gasteiger partial charge in [-0.25, -0.2) is 15.0 Å². The van der Waals surface area contributed by atoms with Gasteiger partial charge < -0.3 is 10.1 Å². The van der Waals surface area contributed by atoms with Crippen LogP contribution in [0.4, 0.5) is 0 Å². The van der Waals surface area contributed by atoms with Gasteiger partial charge in [-0.2, -0.15) is 0 Å². The van der Waals surface area contributed by atoms with E-state index in [9.17, 15) is 0 Å². The maximum atomic E-state index is 5.00. The van der Waals surface area contributed by atoms with E-state index >= 15 is 0 Å². The van der Waals surface area contributed by atoms with E-state index in [0.717, 1.165) is 29.3 Å². The van der Waals surface area contributed by atoms with Crippen LogP contribution in [0, 0.1) is 13.8 Å². The van der Waals surface area contributed by atoms with Gasteiger partial charge in [0.05, 0.1) is 12.3 Å². The molecule has 0 aliphatic heterocycles. The molecule has 0 saturated heterocycles. The van der Waals surface area contributed by atoms with Gasteiger partial charge in [-0.05, 0) is 32.0 Å². The van der Waals surface area contributed by atoms with Gasteiger partial charge in [0.25, 0.3) is 0 Å². The van der Waals surface area contributed by atoms with Crippen LogP contribution in [0.25, 0.3) is 11.5 Å². The first-order valence-electron chi connectivity index (χ1n) is 6.67. The zero-order chi connectivity index (χ0) is 14.4. The third-order valence-electron chi connectivity index (χ3n) is 2.81. The van der Waals surface area contributed by atoms with Crippen LogP contribution in [0.1, 0.15) is 17.1 Å². The minimum Gasteiger partial charge on any atom is -0.383 e. The number of rotatable bonds is 6. The van der Waals surface area contributed by atoms with E-state index in [0.29, 0.717) is 19.0 Å². The highest BCUT2D eigenvalue weighted by Crippen LogP contribution is 2.13. The molecule has 2 aromatic rings. The Morgan fingerprint density at radius 3 is 2.70 bits per heavy atom. The number of aryl methyl sites for hydroxylation is 2. The first-order chi connectivity index (χ1) is 9.69. The minimum absolute atomic E-state index is 0.678. The predicted molar refractivity (Wildman–Crippen MR) is 78.3 cm³/mol. The number of hydrogen-bond donors (Lipinski definition) is 1. The zero-order valence-electron chi connectivity index (χ0n) is 12.2. The molecule has 2 aromatic heterocycles. The molecule has 1 N–H and O–H groups in total. The lowest BCUT2D eigenvalue weighted by molar-refractivity contribution is 0.199. The summed E-state index contributed by atoms with van der Waals surface area (Å²) in [7, 11) is 1.69. The summed E-state index contributed by atoms with van der Waals surface area (Å²) in [5.74, 6) is 0.678. The van der Waals surface area contributed by atoms with E-state index in [-0.39, 0.29) is 0 Å². The molecule has 0 bridgehead atoms. The molecule has 0 fully saturated rings. The number of methoxy groups -OCH3 is 1. The molecule has 5 nitrogen and oxygen atoms in total. The van der Waals surface area contributed by atoms with Crippen LogP contribution in [-0.4, -0.2) is 35.2 Å². The van der Waals surface area contributed by atoms with Crippen molar-refractivity contribution in [1.82, 2.24) is 20.3 Å². The molecule has 0 aromatic carbocycles. The van der Waals surface area contributed by atoms with Crippen LogP contribution >= 0.6 is 0 Å². The number of aromatic nitrogens is 3. The van der Waals surface area contributed by atoms with E-state index < -0.39 is 0 Å². The highest BCUT2D eigenvalue weighted by Gasteiger charge is 2.06. The molecule has 0 unspecified atom stereocenters. The molecule has 2 heterocycles. The second-order valence-electron chi connectivity index (χ2n) is 4.66. The molecular formula is C15H20N4O. The van der Waals surface area contributed by atoms with Gasteiger partial charge in [0, 0.05) is 31.6 Å². The van der Waals surface area contributed by atoms with Crippen LogP contribution in [0.5, 0.6) is 0 Å². The smallest absolute Gasteiger partial charge is 0.178 e. The van der Waals surface area contributed by atoms with Gasteiger partial charge >= 0.3 is 0 Å². The van der Waals surface area contributed by atoms with Crippen LogP contribution in [0.15, 0.2) is 24.3 Å². The van der Waals surface area contributed by atoms with Crippen molar-refractivity contribution in [2.24, 2.45) is 0 Å². The zero-order valence-corrected chi connectivity index (χ0v) is 12.2. The topological polar surface area (TPSA) is 59.9 Å². The van der Waals surface area contributed by atoms with Gasteiger partial charge in [0.1, 0.15) is 5.69 Å². The Bertz CT molecular complexity index is 572. The summed E-state index contributed by atoms with van der Waals surface area (Å²) in [6, 6.07) is 7.86. The van der Waals surface area contributed by atoms with E-state index in [1.807, 2.05) is 38.1 Å². The Hall–Kier alpha value is -1.85. The van der Waals surface area contributed by atoms with Crippen molar-refractivity contribution < 1.29 is 4.74 Å². The molecule has 0 spiro atoms. The average Bonchev–Trinajstić information content (AvgIpc) is 2.43. The van der Waals surface area contributed by atoms with Gasteiger partial charge in [-0.3, -0.25) is 0 Å². The summed E-state index contributed by atoms with van der Waals surface area (Å²) >= 11 is 0. The Labute approximate surface area is 119 Å². The van der Waals surface area contributed by atoms with E-state index in [1.54, 1.807) is 7.11 Å². The Morgan fingerprint density at radius 1 is 1.10 bits per heavy atom. The second kappa shape index (κ2) is 7.07. The third kappa shape index (κ3) is 4.08. The van der Waals surface area contributed by atoms with Gasteiger partial charge in [-0.1, -0.05) is 6.07 Å². The monoisotopic (exact) mass is 272 g/mol. The van der Waals surface area contributed by atoms with Crippen molar-refractivity contribution in [3.63, 3.8) is 0 Å². The summed E-state index contributed by atoms with van der Waals surface area (Å²) in [4.78, 5) is 13.5. The fourth-order valence-electron chi connectivity index (χ4n) is 1.90. The summed E-state index contributed by atoms with van der Waals surface area (Å²) in [6.45, 7) is 6.13. The van der Waals surface area contributed by atoms with Crippen molar-refractivity contribution in [3.8, 4) is 11.5 Å². The Morgan fingerprint density at radius 2 is 1.95 bits per heavy atom. The fourth-order valence-corrected chi connectivity index (χ4v) is 1.90. The van der Waals surface area contributed by atoms with Crippen molar-refractivity contribution in [2.45, 2.75) is 20.4 Å². The van der Waals surface area contributed by atoms with E-state index in [2.05, 4.69) is 20.3 Å². The lowest BCUT2D eigenvalue weighted by Gasteiger charge is -2.07. The quantitative estimate of drug-likeness (QED) is 0.814. The molecule has 0 aliphatic rings. The Balaban J connectivity index is 2.16. The molecule has 5 heteroatoms. The standard InChI is InChI=1S/C15H20N4O/c1-11-5-4-6-14(17-11)15-18-12(2)9-13(19-15)10-16-7-8-20-3/h4-6,9,16H,7-8,10H2,1-3H3. The van der Waals surface area contributed by atoms with Crippen molar-refractivity contribution in [2.75, 3.05) is 20.3 Å². The fraction of sp³-hybridized carbons (Fsp3) is 0.400. The molecule has 0 amide bonds. The third-order valence-corrected chi connectivity index (χ3v) is 2.81. The second-order valence-corrected chi connectivity index (χ2v) is 4.66. The molecule has 20 heavy (non-hydrogen) atoms. The number of nitrogens with one attached hydrogen (secondary N) is 1. The molecule has 0 aliphatic carbocycles. The molecule has 0 radical (unpaired) electrons. The summed E-state index contributed by atoms with van der Waals surface area (Å²) in [6.07, 6.45) is 0. The average molecular weight is 272 g/mol. The van der Waals surface area contributed by atoms with Crippen molar-refractivity contribution in [1.29, 1.82) is 0 Å². The Kier molecular flexibility index (Phi) is 5.15. The van der Waals surface area contributed by atoms with Crippen molar-refractivity contribution in [3.05, 3.63) is 41.3 Å². The van der Waals surface area contributed by atoms with Crippen LogP contribution in [0.2, 0.25) is 0 Å². The SMILES string of the molecule is COCCNCc1cc(C)nc(-c2cccc(C)n2)n1. The maximum Gasteiger partial charge on any atom is 0.178 e. The number of nitrogens with zero attached hydrogens (tertiary/aromatic N) is 3. The first kappa shape index (κ1) is 14.6. The normalized spacial score (nSPS) is 10.8. The number of hydrogen-bond acceptors (Lipinski definition) is 5. The lowest BCUT2D eigenvalue weighted by atomic mass is 10.2. The van der Waals surface area contributed by atoms with Gasteiger partial charge in [-0.15, -0.1) is 0 Å². The minimum atomic E-state index is 0.678. The number of ether oxygens (including phenoxy) is 1. The molecule has 0 saturated carbocycles. The predicted octanol–water partition coefficient (Wildman–Crippen LogP) is 1.89. The molecule has 0 atom stereocenters. The largest absolute Gasteiger partial charge is 0.383 e. The summed E-state index contributed by atoms with van der Waals surface area (Å²) < 4.78 is 5.00. The molecule has 2 rings (SSSR count). The van der Waals surface area contributed by atoms with E-state index in [4.69, 9.17) is 4.74 Å². The lowest BCUT2D eigenvalue weighted by Crippen LogP contribution is -2.19. The molecular weight excluding hydrogens is 252 g/mol. The van der Waals surface area contributed by atoms with Crippen LogP contribution < -0.4 is 5.32 Å².